The molecule has 1 atom stereocenters. The van der Waals surface area contributed by atoms with Crippen molar-refractivity contribution >= 4 is 28.8 Å². The maximum absolute atomic E-state index is 5.96. The predicted molar refractivity (Wildman–Crippen MR) is 66.8 cm³/mol. The molecule has 1 aliphatic carbocycles. The van der Waals surface area contributed by atoms with E-state index >= 15 is 0 Å². The molecule has 0 aliphatic heterocycles. The molecule has 0 radical (unpaired) electrons. The van der Waals surface area contributed by atoms with E-state index in [0.717, 1.165) is 0 Å². The topological polar surface area (TPSA) is 43.8 Å². The molecule has 0 bridgehead atoms. The first-order valence-corrected chi connectivity index (χ1v) is 6.55. The first kappa shape index (κ1) is 10.2. The molecule has 2 aromatic heterocycles. The molecule has 1 saturated carbocycles. The van der Waals surface area contributed by atoms with Gasteiger partial charge < -0.3 is 5.73 Å². The van der Waals surface area contributed by atoms with E-state index in [2.05, 4.69) is 22.6 Å². The summed E-state index contributed by atoms with van der Waals surface area (Å²) >= 11 is 7.71. The molecule has 3 nitrogen and oxygen atoms in total. The second-order valence-corrected chi connectivity index (χ2v) is 5.51. The summed E-state index contributed by atoms with van der Waals surface area (Å²) in [5.41, 5.74) is 5.95. The Hall–Kier alpha value is -1.000. The van der Waals surface area contributed by atoms with Gasteiger partial charge in [-0.2, -0.15) is 5.10 Å². The Labute approximate surface area is 103 Å². The molecule has 2 heterocycles. The van der Waals surface area contributed by atoms with Crippen molar-refractivity contribution < 1.29 is 0 Å². The molecule has 0 spiro atoms. The third-order valence-electron chi connectivity index (χ3n) is 2.95. The maximum Gasteiger partial charge on any atom is 0.141 e. The number of nitrogen functional groups attached to an aromatic ring is 1. The zero-order chi connectivity index (χ0) is 11.1. The molecule has 1 unspecified atom stereocenters. The number of hydrogen-bond acceptors (Lipinski definition) is 3. The van der Waals surface area contributed by atoms with Gasteiger partial charge in [0.25, 0.3) is 0 Å². The van der Waals surface area contributed by atoms with Crippen LogP contribution in [0, 0.1) is 5.92 Å². The van der Waals surface area contributed by atoms with Gasteiger partial charge in [-0.3, -0.25) is 0 Å². The molecule has 0 amide bonds. The molecule has 2 aromatic rings. The van der Waals surface area contributed by atoms with Crippen LogP contribution in [0.5, 0.6) is 0 Å². The van der Waals surface area contributed by atoms with Crippen molar-refractivity contribution in [3.8, 4) is 0 Å². The minimum absolute atomic E-state index is 0.271. The average Bonchev–Trinajstić information content (AvgIpc) is 2.87. The largest absolute Gasteiger partial charge is 0.383 e. The van der Waals surface area contributed by atoms with Gasteiger partial charge in [-0.1, -0.05) is 17.7 Å². The summed E-state index contributed by atoms with van der Waals surface area (Å²) in [7, 11) is 0. The van der Waals surface area contributed by atoms with E-state index in [9.17, 15) is 0 Å². The number of aromatic nitrogens is 2. The van der Waals surface area contributed by atoms with Gasteiger partial charge in [0.1, 0.15) is 10.8 Å². The fraction of sp³-hybridized carbons (Fsp3) is 0.364. The molecule has 1 aliphatic rings. The van der Waals surface area contributed by atoms with Crippen LogP contribution in [0.4, 0.5) is 5.82 Å². The van der Waals surface area contributed by atoms with E-state index in [1.165, 1.54) is 17.7 Å². The third-order valence-corrected chi connectivity index (χ3v) is 4.19. The zero-order valence-corrected chi connectivity index (χ0v) is 10.2. The summed E-state index contributed by atoms with van der Waals surface area (Å²) in [5, 5.41) is 6.93. The SMILES string of the molecule is Nc1c(Cl)cnn1C(c1cccs1)C1CC1. The monoisotopic (exact) mass is 253 g/mol. The Morgan fingerprint density at radius 2 is 2.38 bits per heavy atom. The van der Waals surface area contributed by atoms with Crippen molar-refractivity contribution in [2.24, 2.45) is 5.92 Å². The van der Waals surface area contributed by atoms with Crippen molar-refractivity contribution in [2.45, 2.75) is 18.9 Å². The molecular weight excluding hydrogens is 242 g/mol. The van der Waals surface area contributed by atoms with Gasteiger partial charge in [0.15, 0.2) is 0 Å². The van der Waals surface area contributed by atoms with E-state index in [1.54, 1.807) is 17.5 Å². The predicted octanol–water partition coefficient (Wildman–Crippen LogP) is 3.18. The summed E-state index contributed by atoms with van der Waals surface area (Å²) in [6.07, 6.45) is 4.12. The first-order chi connectivity index (χ1) is 7.77. The van der Waals surface area contributed by atoms with Crippen molar-refractivity contribution in [2.75, 3.05) is 5.73 Å². The summed E-state index contributed by atoms with van der Waals surface area (Å²) in [4.78, 5) is 1.31. The van der Waals surface area contributed by atoms with Crippen LogP contribution in [0.3, 0.4) is 0 Å². The number of thiophene rings is 1. The van der Waals surface area contributed by atoms with Crippen molar-refractivity contribution in [1.82, 2.24) is 9.78 Å². The molecule has 84 valence electrons. The number of nitrogens with two attached hydrogens (primary N) is 1. The van der Waals surface area contributed by atoms with Crippen LogP contribution in [-0.2, 0) is 0 Å². The fourth-order valence-electron chi connectivity index (χ4n) is 2.00. The van der Waals surface area contributed by atoms with E-state index in [0.29, 0.717) is 16.8 Å². The van der Waals surface area contributed by atoms with Crippen molar-refractivity contribution in [1.29, 1.82) is 0 Å². The third kappa shape index (κ3) is 1.62. The van der Waals surface area contributed by atoms with Gasteiger partial charge in [-0.05, 0) is 30.2 Å². The minimum atomic E-state index is 0.271. The molecule has 5 heteroatoms. The van der Waals surface area contributed by atoms with Crippen LogP contribution in [-0.4, -0.2) is 9.78 Å². The van der Waals surface area contributed by atoms with Gasteiger partial charge in [0, 0.05) is 4.88 Å². The van der Waals surface area contributed by atoms with Crippen LogP contribution >= 0.6 is 22.9 Å². The molecule has 0 aromatic carbocycles. The Morgan fingerprint density at radius 1 is 1.56 bits per heavy atom. The van der Waals surface area contributed by atoms with Gasteiger partial charge in [-0.15, -0.1) is 11.3 Å². The van der Waals surface area contributed by atoms with Crippen molar-refractivity contribution in [3.63, 3.8) is 0 Å². The van der Waals surface area contributed by atoms with Crippen LogP contribution in [0.15, 0.2) is 23.7 Å². The van der Waals surface area contributed by atoms with Crippen LogP contribution < -0.4 is 5.73 Å². The lowest BCUT2D eigenvalue weighted by Gasteiger charge is -2.16. The normalized spacial score (nSPS) is 17.6. The number of rotatable bonds is 3. The number of hydrogen-bond donors (Lipinski definition) is 1. The maximum atomic E-state index is 5.96. The lowest BCUT2D eigenvalue weighted by Crippen LogP contribution is -2.15. The minimum Gasteiger partial charge on any atom is -0.383 e. The van der Waals surface area contributed by atoms with Gasteiger partial charge >= 0.3 is 0 Å². The molecule has 3 rings (SSSR count). The highest BCUT2D eigenvalue weighted by molar-refractivity contribution is 7.10. The second kappa shape index (κ2) is 3.79. The molecule has 1 fully saturated rings. The molecule has 0 saturated heterocycles. The smallest absolute Gasteiger partial charge is 0.141 e. The summed E-state index contributed by atoms with van der Waals surface area (Å²) in [5.74, 6) is 1.24. The fourth-order valence-corrected chi connectivity index (χ4v) is 3.03. The van der Waals surface area contributed by atoms with E-state index < -0.39 is 0 Å². The number of halogens is 1. The Balaban J connectivity index is 2.03. The standard InChI is InChI=1S/C11H12ClN3S/c12-8-6-14-15(11(8)13)10(7-3-4-7)9-2-1-5-16-9/h1-2,5-7,10H,3-4,13H2. The number of anilines is 1. The van der Waals surface area contributed by atoms with E-state index in [1.807, 2.05) is 4.68 Å². The second-order valence-electron chi connectivity index (χ2n) is 4.12. The van der Waals surface area contributed by atoms with E-state index in [-0.39, 0.29) is 6.04 Å². The van der Waals surface area contributed by atoms with Gasteiger partial charge in [0.2, 0.25) is 0 Å². The average molecular weight is 254 g/mol. The highest BCUT2D eigenvalue weighted by atomic mass is 35.5. The quantitative estimate of drug-likeness (QED) is 0.913. The van der Waals surface area contributed by atoms with Crippen molar-refractivity contribution in [3.05, 3.63) is 33.6 Å². The van der Waals surface area contributed by atoms with Gasteiger partial charge in [0.05, 0.1) is 12.2 Å². The highest BCUT2D eigenvalue weighted by Crippen LogP contribution is 2.45. The zero-order valence-electron chi connectivity index (χ0n) is 8.64. The lowest BCUT2D eigenvalue weighted by molar-refractivity contribution is 0.484. The highest BCUT2D eigenvalue weighted by Gasteiger charge is 2.35. The Bertz CT molecular complexity index is 487. The summed E-state index contributed by atoms with van der Waals surface area (Å²) in [6.45, 7) is 0. The Kier molecular flexibility index (Phi) is 2.41. The van der Waals surface area contributed by atoms with Gasteiger partial charge in [-0.25, -0.2) is 4.68 Å². The Morgan fingerprint density at radius 3 is 2.88 bits per heavy atom. The van der Waals surface area contributed by atoms with E-state index in [4.69, 9.17) is 17.3 Å². The summed E-state index contributed by atoms with van der Waals surface area (Å²) < 4.78 is 1.87. The lowest BCUT2D eigenvalue weighted by atomic mass is 10.1. The molecular formula is C11H12ClN3S. The van der Waals surface area contributed by atoms with Crippen LogP contribution in [0.25, 0.3) is 0 Å². The molecule has 2 N–H and O–H groups in total. The first-order valence-electron chi connectivity index (χ1n) is 5.29. The number of nitrogens with zero attached hydrogens (tertiary/aromatic N) is 2. The molecule has 16 heavy (non-hydrogen) atoms. The van der Waals surface area contributed by atoms with Crippen LogP contribution in [0.2, 0.25) is 5.02 Å². The van der Waals surface area contributed by atoms with Crippen LogP contribution in [0.1, 0.15) is 23.8 Å². The summed E-state index contributed by atoms with van der Waals surface area (Å²) in [6, 6.07) is 4.48.